The number of nitrogens with one attached hydrogen (secondary N) is 3. The van der Waals surface area contributed by atoms with Crippen molar-refractivity contribution in [1.82, 2.24) is 16.0 Å². The van der Waals surface area contributed by atoms with E-state index >= 15 is 0 Å². The van der Waals surface area contributed by atoms with Gasteiger partial charge in [0, 0.05) is 25.7 Å². The third kappa shape index (κ3) is 3.17. The molecule has 0 radical (unpaired) electrons. The Morgan fingerprint density at radius 1 is 1.30 bits per heavy atom. The Labute approximate surface area is 119 Å². The van der Waals surface area contributed by atoms with Gasteiger partial charge in [-0.05, 0) is 37.6 Å². The quantitative estimate of drug-likeness (QED) is 0.756. The number of hydrogen-bond acceptors (Lipinski definition) is 3. The predicted octanol–water partition coefficient (Wildman–Crippen LogP) is 0.662. The predicted molar refractivity (Wildman–Crippen MR) is 77.3 cm³/mol. The van der Waals surface area contributed by atoms with Crippen LogP contribution >= 0.6 is 0 Å². The monoisotopic (exact) mass is 275 g/mol. The van der Waals surface area contributed by atoms with Crippen molar-refractivity contribution >= 4 is 11.8 Å². The zero-order valence-electron chi connectivity index (χ0n) is 12.0. The molecule has 0 spiro atoms. The van der Waals surface area contributed by atoms with Crippen molar-refractivity contribution in [3.63, 3.8) is 0 Å². The van der Waals surface area contributed by atoms with Crippen molar-refractivity contribution in [1.29, 1.82) is 0 Å². The molecule has 0 saturated carbocycles. The lowest BCUT2D eigenvalue weighted by Crippen LogP contribution is -2.40. The summed E-state index contributed by atoms with van der Waals surface area (Å²) in [6.45, 7) is 4.10. The van der Waals surface area contributed by atoms with Crippen LogP contribution in [0.2, 0.25) is 0 Å². The zero-order valence-corrected chi connectivity index (χ0v) is 12.0. The minimum absolute atomic E-state index is 0.0814. The molecule has 1 aromatic carbocycles. The van der Waals surface area contributed by atoms with E-state index < -0.39 is 0 Å². The molecule has 1 aliphatic heterocycles. The highest BCUT2D eigenvalue weighted by atomic mass is 16.2. The maximum atomic E-state index is 12.1. The molecule has 1 heterocycles. The lowest BCUT2D eigenvalue weighted by Gasteiger charge is -2.21. The molecule has 0 bridgehead atoms. The van der Waals surface area contributed by atoms with Gasteiger partial charge in [-0.2, -0.15) is 0 Å². The molecule has 2 amide bonds. The van der Waals surface area contributed by atoms with Gasteiger partial charge in [0.15, 0.2) is 0 Å². The largest absolute Gasteiger partial charge is 0.355 e. The molecule has 1 fully saturated rings. The molecule has 1 atom stereocenters. The number of amides is 2. The van der Waals surface area contributed by atoms with Crippen LogP contribution in [0, 0.1) is 5.41 Å². The summed E-state index contributed by atoms with van der Waals surface area (Å²) in [6, 6.07) is 7.25. The number of hydrogen-bond donors (Lipinski definition) is 3. The van der Waals surface area contributed by atoms with Gasteiger partial charge in [0.2, 0.25) is 5.91 Å². The van der Waals surface area contributed by atoms with Gasteiger partial charge in [0.05, 0.1) is 5.41 Å². The molecule has 108 valence electrons. The normalized spacial score (nSPS) is 21.5. The second kappa shape index (κ2) is 6.05. The molecular formula is C15H21N3O2. The van der Waals surface area contributed by atoms with Crippen molar-refractivity contribution in [3.05, 3.63) is 35.4 Å². The van der Waals surface area contributed by atoms with Crippen LogP contribution in [-0.4, -0.2) is 32.0 Å². The molecule has 1 aliphatic rings. The zero-order chi connectivity index (χ0) is 14.6. The van der Waals surface area contributed by atoms with Gasteiger partial charge in [-0.1, -0.05) is 12.1 Å². The van der Waals surface area contributed by atoms with Crippen LogP contribution < -0.4 is 16.0 Å². The Kier molecular flexibility index (Phi) is 4.39. The fourth-order valence-corrected chi connectivity index (χ4v) is 2.32. The first-order valence-corrected chi connectivity index (χ1v) is 6.85. The lowest BCUT2D eigenvalue weighted by molar-refractivity contribution is -0.129. The van der Waals surface area contributed by atoms with Gasteiger partial charge >= 0.3 is 0 Å². The fourth-order valence-electron chi connectivity index (χ4n) is 2.32. The Morgan fingerprint density at radius 2 is 2.00 bits per heavy atom. The summed E-state index contributed by atoms with van der Waals surface area (Å²) in [5.74, 6) is -0.0250. The highest BCUT2D eigenvalue weighted by Crippen LogP contribution is 2.24. The average Bonchev–Trinajstić information content (AvgIpc) is 2.92. The summed E-state index contributed by atoms with van der Waals surface area (Å²) in [4.78, 5) is 23.6. The Morgan fingerprint density at radius 3 is 2.55 bits per heavy atom. The van der Waals surface area contributed by atoms with E-state index in [9.17, 15) is 9.59 Å². The first-order chi connectivity index (χ1) is 9.55. The highest BCUT2D eigenvalue weighted by Gasteiger charge is 2.35. The van der Waals surface area contributed by atoms with Crippen LogP contribution in [-0.2, 0) is 11.3 Å². The molecule has 3 N–H and O–H groups in total. The van der Waals surface area contributed by atoms with Crippen LogP contribution in [0.1, 0.15) is 29.3 Å². The van der Waals surface area contributed by atoms with Gasteiger partial charge in [-0.25, -0.2) is 0 Å². The second-order valence-corrected chi connectivity index (χ2v) is 5.45. The summed E-state index contributed by atoms with van der Waals surface area (Å²) in [7, 11) is 1.60. The van der Waals surface area contributed by atoms with Crippen LogP contribution in [0.5, 0.6) is 0 Å². The van der Waals surface area contributed by atoms with E-state index in [1.165, 1.54) is 0 Å². The average molecular weight is 275 g/mol. The fraction of sp³-hybridized carbons (Fsp3) is 0.467. The molecule has 2 rings (SSSR count). The van der Waals surface area contributed by atoms with E-state index in [1.54, 1.807) is 19.2 Å². The van der Waals surface area contributed by atoms with Crippen LogP contribution in [0.25, 0.3) is 0 Å². The lowest BCUT2D eigenvalue weighted by atomic mass is 9.89. The second-order valence-electron chi connectivity index (χ2n) is 5.45. The van der Waals surface area contributed by atoms with Gasteiger partial charge in [0.1, 0.15) is 0 Å². The Hall–Kier alpha value is -1.88. The summed E-state index contributed by atoms with van der Waals surface area (Å²) in [5, 5.41) is 8.75. The summed E-state index contributed by atoms with van der Waals surface area (Å²) >= 11 is 0. The minimum atomic E-state index is -0.304. The summed E-state index contributed by atoms with van der Waals surface area (Å²) in [5.41, 5.74) is 1.30. The molecule has 1 unspecified atom stereocenters. The van der Waals surface area contributed by atoms with Crippen LogP contribution in [0.3, 0.4) is 0 Å². The number of benzene rings is 1. The number of carbonyl (C=O) groups excluding carboxylic acids is 2. The maximum Gasteiger partial charge on any atom is 0.251 e. The molecule has 0 aromatic heterocycles. The molecule has 5 heteroatoms. The SMILES string of the molecule is CNC(=O)c1ccc(CNC(=O)C2(C)CCNC2)cc1. The van der Waals surface area contributed by atoms with Gasteiger partial charge in [-0.3, -0.25) is 9.59 Å². The maximum absolute atomic E-state index is 12.1. The van der Waals surface area contributed by atoms with E-state index in [1.807, 2.05) is 19.1 Å². The molecule has 20 heavy (non-hydrogen) atoms. The first kappa shape index (κ1) is 14.5. The van der Waals surface area contributed by atoms with Crippen molar-refractivity contribution in [2.24, 2.45) is 5.41 Å². The molecule has 1 saturated heterocycles. The third-order valence-electron chi connectivity index (χ3n) is 3.81. The molecular weight excluding hydrogens is 254 g/mol. The van der Waals surface area contributed by atoms with Gasteiger partial charge in [-0.15, -0.1) is 0 Å². The smallest absolute Gasteiger partial charge is 0.251 e. The standard InChI is InChI=1S/C15H21N3O2/c1-15(7-8-17-10-15)14(20)18-9-11-3-5-12(6-4-11)13(19)16-2/h3-6,17H,7-10H2,1-2H3,(H,16,19)(H,18,20). The molecule has 1 aromatic rings. The highest BCUT2D eigenvalue weighted by molar-refractivity contribution is 5.93. The number of carbonyl (C=O) groups is 2. The van der Waals surface area contributed by atoms with Crippen LogP contribution in [0.15, 0.2) is 24.3 Å². The van der Waals surface area contributed by atoms with Gasteiger partial charge in [0.25, 0.3) is 5.91 Å². The van der Waals surface area contributed by atoms with E-state index in [0.29, 0.717) is 12.1 Å². The summed E-state index contributed by atoms with van der Waals surface area (Å²) < 4.78 is 0. The minimum Gasteiger partial charge on any atom is -0.355 e. The topological polar surface area (TPSA) is 70.2 Å². The number of rotatable bonds is 4. The van der Waals surface area contributed by atoms with Crippen molar-refractivity contribution in [3.8, 4) is 0 Å². The van der Waals surface area contributed by atoms with Gasteiger partial charge < -0.3 is 16.0 Å². The summed E-state index contributed by atoms with van der Waals surface area (Å²) in [6.07, 6.45) is 0.869. The van der Waals surface area contributed by atoms with Crippen LogP contribution in [0.4, 0.5) is 0 Å². The van der Waals surface area contributed by atoms with E-state index in [2.05, 4.69) is 16.0 Å². The van der Waals surface area contributed by atoms with E-state index in [-0.39, 0.29) is 17.2 Å². The Balaban J connectivity index is 1.91. The molecule has 0 aliphatic carbocycles. The van der Waals surface area contributed by atoms with Crippen molar-refractivity contribution in [2.75, 3.05) is 20.1 Å². The van der Waals surface area contributed by atoms with E-state index in [4.69, 9.17) is 0 Å². The van der Waals surface area contributed by atoms with Crippen molar-refractivity contribution < 1.29 is 9.59 Å². The van der Waals surface area contributed by atoms with Crippen molar-refractivity contribution in [2.45, 2.75) is 19.9 Å². The van der Waals surface area contributed by atoms with E-state index in [0.717, 1.165) is 25.1 Å². The first-order valence-electron chi connectivity index (χ1n) is 6.85. The third-order valence-corrected chi connectivity index (χ3v) is 3.81. The Bertz CT molecular complexity index is 490. The molecule has 5 nitrogen and oxygen atoms in total.